The fraction of sp³-hybridized carbons (Fsp3) is 0.438. The van der Waals surface area contributed by atoms with Crippen LogP contribution in [0, 0.1) is 4.77 Å². The summed E-state index contributed by atoms with van der Waals surface area (Å²) >= 11 is 5.20. The number of ether oxygens (including phenoxy) is 1. The molecule has 6 heteroatoms. The maximum Gasteiger partial charge on any atom is 0.216 e. The van der Waals surface area contributed by atoms with Gasteiger partial charge in [0.1, 0.15) is 5.75 Å². The first-order chi connectivity index (χ1) is 10.6. The third-order valence-corrected chi connectivity index (χ3v) is 3.43. The number of unbranched alkanes of at least 4 members (excludes halogenated alkanes) is 1. The topological polar surface area (TPSA) is 55.2 Å². The Morgan fingerprint density at radius 2 is 2.09 bits per heavy atom. The van der Waals surface area contributed by atoms with Crippen molar-refractivity contribution in [1.29, 1.82) is 0 Å². The Labute approximate surface area is 136 Å². The van der Waals surface area contributed by atoms with Crippen LogP contribution in [0.3, 0.4) is 0 Å². The minimum absolute atomic E-state index is 0.249. The predicted molar refractivity (Wildman–Crippen MR) is 91.3 cm³/mol. The van der Waals surface area contributed by atoms with Crippen molar-refractivity contribution in [3.05, 3.63) is 40.4 Å². The highest BCUT2D eigenvalue weighted by molar-refractivity contribution is 7.71. The van der Waals surface area contributed by atoms with Crippen molar-refractivity contribution >= 4 is 18.4 Å². The number of nitrogens with one attached hydrogen (secondary N) is 1. The molecule has 22 heavy (non-hydrogen) atoms. The molecule has 0 aliphatic carbocycles. The van der Waals surface area contributed by atoms with Gasteiger partial charge in [-0.25, -0.2) is 0 Å². The zero-order valence-corrected chi connectivity index (χ0v) is 14.1. The van der Waals surface area contributed by atoms with E-state index in [0.29, 0.717) is 4.77 Å². The van der Waals surface area contributed by atoms with E-state index in [1.54, 1.807) is 10.9 Å². The summed E-state index contributed by atoms with van der Waals surface area (Å²) in [5.41, 5.74) is 0.987. The molecule has 0 saturated carbocycles. The fourth-order valence-electron chi connectivity index (χ4n) is 1.90. The first kappa shape index (κ1) is 16.4. The lowest BCUT2D eigenvalue weighted by atomic mass is 10.2. The molecule has 0 radical (unpaired) electrons. The van der Waals surface area contributed by atoms with Crippen molar-refractivity contribution in [2.45, 2.75) is 39.5 Å². The van der Waals surface area contributed by atoms with Crippen LogP contribution in [0.5, 0.6) is 5.75 Å². The molecule has 0 amide bonds. The fourth-order valence-corrected chi connectivity index (χ4v) is 2.08. The van der Waals surface area contributed by atoms with Gasteiger partial charge in [-0.1, -0.05) is 27.2 Å². The van der Waals surface area contributed by atoms with Gasteiger partial charge in [0.2, 0.25) is 4.77 Å². The summed E-state index contributed by atoms with van der Waals surface area (Å²) in [5, 5.41) is 11.4. The second-order valence-electron chi connectivity index (χ2n) is 5.37. The van der Waals surface area contributed by atoms with Crippen LogP contribution in [0.4, 0.5) is 0 Å². The summed E-state index contributed by atoms with van der Waals surface area (Å²) in [4.78, 5) is 0. The van der Waals surface area contributed by atoms with E-state index in [1.807, 2.05) is 24.3 Å². The zero-order chi connectivity index (χ0) is 15.9. The number of benzene rings is 1. The molecule has 0 bridgehead atoms. The molecule has 2 aromatic rings. The number of rotatable bonds is 7. The number of aromatic nitrogens is 3. The molecule has 1 aromatic heterocycles. The van der Waals surface area contributed by atoms with Crippen molar-refractivity contribution < 1.29 is 4.74 Å². The monoisotopic (exact) mass is 318 g/mol. The van der Waals surface area contributed by atoms with E-state index in [0.717, 1.165) is 36.6 Å². The van der Waals surface area contributed by atoms with Crippen LogP contribution >= 0.6 is 12.2 Å². The average Bonchev–Trinajstić information content (AvgIpc) is 2.88. The lowest BCUT2D eigenvalue weighted by Gasteiger charge is -2.05. The van der Waals surface area contributed by atoms with Crippen molar-refractivity contribution in [3.8, 4) is 5.75 Å². The predicted octanol–water partition coefficient (Wildman–Crippen LogP) is 4.13. The zero-order valence-electron chi connectivity index (χ0n) is 13.2. The molecule has 0 aliphatic rings. The van der Waals surface area contributed by atoms with E-state index in [4.69, 9.17) is 17.0 Å². The Morgan fingerprint density at radius 3 is 2.73 bits per heavy atom. The Kier molecular flexibility index (Phi) is 5.89. The van der Waals surface area contributed by atoms with E-state index >= 15 is 0 Å². The standard InChI is InChI=1S/C16H22N4OS/c1-4-5-10-21-14-8-6-13(7-9-14)11-17-20-15(12(2)3)18-19-16(20)22/h6-9,11-12H,4-5,10H2,1-3H3,(H,19,22)/b17-11+. The minimum Gasteiger partial charge on any atom is -0.494 e. The second-order valence-corrected chi connectivity index (χ2v) is 5.76. The largest absolute Gasteiger partial charge is 0.494 e. The van der Waals surface area contributed by atoms with E-state index in [1.165, 1.54) is 0 Å². The molecule has 1 aromatic carbocycles. The van der Waals surface area contributed by atoms with Crippen LogP contribution in [0.2, 0.25) is 0 Å². The highest BCUT2D eigenvalue weighted by atomic mass is 32.1. The molecular formula is C16H22N4OS. The van der Waals surface area contributed by atoms with Gasteiger partial charge in [0.05, 0.1) is 12.8 Å². The van der Waals surface area contributed by atoms with Gasteiger partial charge in [-0.15, -0.1) is 0 Å². The summed E-state index contributed by atoms with van der Waals surface area (Å²) in [6, 6.07) is 7.86. The summed E-state index contributed by atoms with van der Waals surface area (Å²) in [6.07, 6.45) is 3.97. The molecule has 0 saturated heterocycles. The molecule has 0 unspecified atom stereocenters. The number of nitrogens with zero attached hydrogens (tertiary/aromatic N) is 3. The molecule has 0 fully saturated rings. The van der Waals surface area contributed by atoms with Crippen molar-refractivity contribution in [2.24, 2.45) is 5.10 Å². The van der Waals surface area contributed by atoms with E-state index in [2.05, 4.69) is 36.1 Å². The van der Waals surface area contributed by atoms with E-state index in [-0.39, 0.29) is 5.92 Å². The maximum absolute atomic E-state index is 5.64. The van der Waals surface area contributed by atoms with Gasteiger partial charge in [0.15, 0.2) is 5.82 Å². The molecule has 0 atom stereocenters. The lowest BCUT2D eigenvalue weighted by molar-refractivity contribution is 0.309. The van der Waals surface area contributed by atoms with Gasteiger partial charge < -0.3 is 4.74 Å². The first-order valence-corrected chi connectivity index (χ1v) is 7.97. The van der Waals surface area contributed by atoms with Gasteiger partial charge in [0, 0.05) is 5.92 Å². The second kappa shape index (κ2) is 7.89. The summed E-state index contributed by atoms with van der Waals surface area (Å²) in [6.45, 7) is 7.01. The number of H-pyrrole nitrogens is 1. The molecule has 0 aliphatic heterocycles. The van der Waals surface area contributed by atoms with Gasteiger partial charge in [-0.2, -0.15) is 14.9 Å². The molecule has 1 heterocycles. The summed E-state index contributed by atoms with van der Waals surface area (Å²) < 4.78 is 7.80. The first-order valence-electron chi connectivity index (χ1n) is 7.56. The third-order valence-electron chi connectivity index (χ3n) is 3.16. The summed E-state index contributed by atoms with van der Waals surface area (Å²) in [7, 11) is 0. The average molecular weight is 318 g/mol. The minimum atomic E-state index is 0.249. The highest BCUT2D eigenvalue weighted by Gasteiger charge is 2.08. The van der Waals surface area contributed by atoms with Crippen LogP contribution < -0.4 is 4.74 Å². The lowest BCUT2D eigenvalue weighted by Crippen LogP contribution is -2.01. The normalized spacial score (nSPS) is 11.5. The molecular weight excluding hydrogens is 296 g/mol. The van der Waals surface area contributed by atoms with Crippen molar-refractivity contribution in [3.63, 3.8) is 0 Å². The Balaban J connectivity index is 2.07. The highest BCUT2D eigenvalue weighted by Crippen LogP contribution is 2.13. The van der Waals surface area contributed by atoms with Crippen molar-refractivity contribution in [1.82, 2.24) is 14.9 Å². The van der Waals surface area contributed by atoms with Crippen LogP contribution in [0.15, 0.2) is 29.4 Å². The van der Waals surface area contributed by atoms with Gasteiger partial charge in [0.25, 0.3) is 0 Å². The SMILES string of the molecule is CCCCOc1ccc(/C=N/n2c(C(C)C)n[nH]c2=S)cc1. The van der Waals surface area contributed by atoms with E-state index in [9.17, 15) is 0 Å². The van der Waals surface area contributed by atoms with Crippen LogP contribution in [0.1, 0.15) is 50.9 Å². The van der Waals surface area contributed by atoms with Gasteiger partial charge >= 0.3 is 0 Å². The molecule has 1 N–H and O–H groups in total. The van der Waals surface area contributed by atoms with Crippen LogP contribution in [0.25, 0.3) is 0 Å². The van der Waals surface area contributed by atoms with Gasteiger partial charge in [-0.05, 0) is 48.5 Å². The Hall–Kier alpha value is -1.95. The third kappa shape index (κ3) is 4.27. The van der Waals surface area contributed by atoms with Gasteiger partial charge in [-0.3, -0.25) is 5.10 Å². The van der Waals surface area contributed by atoms with Crippen LogP contribution in [-0.4, -0.2) is 27.7 Å². The number of hydrogen-bond donors (Lipinski definition) is 1. The van der Waals surface area contributed by atoms with Crippen LogP contribution in [-0.2, 0) is 0 Å². The summed E-state index contributed by atoms with van der Waals surface area (Å²) in [5.74, 6) is 1.95. The van der Waals surface area contributed by atoms with Crippen molar-refractivity contribution in [2.75, 3.05) is 6.61 Å². The Bertz CT molecular complexity index is 670. The molecule has 0 spiro atoms. The smallest absolute Gasteiger partial charge is 0.216 e. The maximum atomic E-state index is 5.64. The quantitative estimate of drug-likeness (QED) is 0.474. The molecule has 5 nitrogen and oxygen atoms in total. The number of aromatic amines is 1. The van der Waals surface area contributed by atoms with E-state index < -0.39 is 0 Å². The number of hydrogen-bond acceptors (Lipinski definition) is 4. The molecule has 118 valence electrons. The Morgan fingerprint density at radius 1 is 1.36 bits per heavy atom. The molecule has 2 rings (SSSR count).